The molecule has 38 heavy (non-hydrogen) atoms. The maximum absolute atomic E-state index is 12.9. The molecule has 0 aromatic carbocycles. The topological polar surface area (TPSA) is 136 Å². The van der Waals surface area contributed by atoms with Gasteiger partial charge in [0.05, 0.1) is 32.2 Å². The van der Waals surface area contributed by atoms with Crippen LogP contribution in [0.5, 0.6) is 0 Å². The molecule has 0 aromatic heterocycles. The van der Waals surface area contributed by atoms with Gasteiger partial charge in [0.2, 0.25) is 0 Å². The maximum atomic E-state index is 12.9. The first-order chi connectivity index (χ1) is 18.1. The van der Waals surface area contributed by atoms with Crippen LogP contribution in [0.15, 0.2) is 12.2 Å². The first-order valence-corrected chi connectivity index (χ1v) is 16.6. The molecule has 0 rings (SSSR count). The summed E-state index contributed by atoms with van der Waals surface area (Å²) in [4.78, 5) is 35.1. The molecular formula is C28H51O9P. The van der Waals surface area contributed by atoms with Gasteiger partial charge in [-0.25, -0.2) is 0 Å². The molecule has 0 bridgehead atoms. The normalized spacial score (nSPS) is 13.4. The molecule has 2 atom stereocenters. The second-order valence-electron chi connectivity index (χ2n) is 10.1. The molecule has 0 aliphatic carbocycles. The number of hydrogen-bond donors (Lipinski definition) is 2. The summed E-state index contributed by atoms with van der Waals surface area (Å²) in [5.74, 6) is -3.35. The van der Waals surface area contributed by atoms with Gasteiger partial charge in [-0.05, 0) is 31.6 Å². The highest BCUT2D eigenvalue weighted by molar-refractivity contribution is 7.57. The SMILES string of the molecule is CCCCCCCCC(/C=C\CCCCCCC(=O)O)C(CC(=O)O)C(=O)OCCOCCOP(C)(C)=O. The number of rotatable bonds is 26. The van der Waals surface area contributed by atoms with Crippen molar-refractivity contribution in [2.24, 2.45) is 11.8 Å². The summed E-state index contributed by atoms with van der Waals surface area (Å²) < 4.78 is 27.4. The zero-order valence-electron chi connectivity index (χ0n) is 23.7. The molecule has 0 radical (unpaired) electrons. The lowest BCUT2D eigenvalue weighted by Crippen LogP contribution is -2.28. The number of unbranched alkanes of at least 4 members (excludes halogenated alkanes) is 9. The van der Waals surface area contributed by atoms with Gasteiger partial charge in [0.15, 0.2) is 7.37 Å². The molecular weight excluding hydrogens is 511 g/mol. The second-order valence-corrected chi connectivity index (χ2v) is 12.8. The van der Waals surface area contributed by atoms with Gasteiger partial charge < -0.3 is 24.2 Å². The van der Waals surface area contributed by atoms with Crippen molar-refractivity contribution in [1.82, 2.24) is 0 Å². The van der Waals surface area contributed by atoms with Crippen LogP contribution in [0.3, 0.4) is 0 Å². The highest BCUT2D eigenvalue weighted by Crippen LogP contribution is 2.36. The Balaban J connectivity index is 4.86. The Morgan fingerprint density at radius 1 is 0.816 bits per heavy atom. The van der Waals surface area contributed by atoms with Crippen molar-refractivity contribution >= 4 is 25.3 Å². The van der Waals surface area contributed by atoms with Crippen LogP contribution in [0, 0.1) is 11.8 Å². The molecule has 222 valence electrons. The summed E-state index contributed by atoms with van der Waals surface area (Å²) in [5.41, 5.74) is 0. The van der Waals surface area contributed by atoms with E-state index in [0.29, 0.717) is 6.42 Å². The van der Waals surface area contributed by atoms with E-state index >= 15 is 0 Å². The highest BCUT2D eigenvalue weighted by Gasteiger charge is 2.30. The van der Waals surface area contributed by atoms with E-state index in [1.807, 2.05) is 12.2 Å². The Kier molecular flexibility index (Phi) is 22.2. The van der Waals surface area contributed by atoms with E-state index in [9.17, 15) is 24.1 Å². The number of carbonyl (C=O) groups is 3. The largest absolute Gasteiger partial charge is 0.481 e. The molecule has 0 amide bonds. The third-order valence-corrected chi connectivity index (χ3v) is 6.91. The molecule has 0 saturated heterocycles. The number of ether oxygens (including phenoxy) is 2. The minimum Gasteiger partial charge on any atom is -0.481 e. The lowest BCUT2D eigenvalue weighted by atomic mass is 9.84. The summed E-state index contributed by atoms with van der Waals surface area (Å²) in [6, 6.07) is 0. The minimum absolute atomic E-state index is 0.00859. The van der Waals surface area contributed by atoms with Crippen LogP contribution in [-0.4, -0.2) is 67.9 Å². The van der Waals surface area contributed by atoms with Crippen molar-refractivity contribution < 1.29 is 43.2 Å². The van der Waals surface area contributed by atoms with Crippen molar-refractivity contribution in [1.29, 1.82) is 0 Å². The summed E-state index contributed by atoms with van der Waals surface area (Å²) >= 11 is 0. The van der Waals surface area contributed by atoms with Crippen LogP contribution < -0.4 is 0 Å². The standard InChI is InChI=1S/C28H51O9P/c1-4-5-6-7-10-13-16-24(17-14-11-8-9-12-15-18-26(29)30)25(23-27(31)32)28(33)36-21-19-35-20-22-37-38(2,3)34/h14,17,24-25H,4-13,15-16,18-23H2,1-3H3,(H,29,30)(H,31,32)/b17-14-. The van der Waals surface area contributed by atoms with Crippen LogP contribution >= 0.6 is 7.37 Å². The van der Waals surface area contributed by atoms with Crippen molar-refractivity contribution in [3.05, 3.63) is 12.2 Å². The van der Waals surface area contributed by atoms with Crippen LogP contribution in [0.1, 0.15) is 96.8 Å². The second kappa shape index (κ2) is 23.2. The van der Waals surface area contributed by atoms with Gasteiger partial charge in [-0.2, -0.15) is 0 Å². The third-order valence-electron chi connectivity index (χ3n) is 6.10. The molecule has 2 unspecified atom stereocenters. The predicted molar refractivity (Wildman–Crippen MR) is 149 cm³/mol. The average Bonchev–Trinajstić information content (AvgIpc) is 2.83. The summed E-state index contributed by atoms with van der Waals surface area (Å²) in [6.07, 6.45) is 15.4. The van der Waals surface area contributed by atoms with Gasteiger partial charge in [0.25, 0.3) is 0 Å². The summed E-state index contributed by atoms with van der Waals surface area (Å²) in [5, 5.41) is 18.2. The zero-order chi connectivity index (χ0) is 28.7. The number of allylic oxidation sites excluding steroid dienone is 2. The monoisotopic (exact) mass is 562 g/mol. The summed E-state index contributed by atoms with van der Waals surface area (Å²) in [7, 11) is -2.56. The fraction of sp³-hybridized carbons (Fsp3) is 0.821. The average molecular weight is 563 g/mol. The molecule has 0 fully saturated rings. The molecule has 0 spiro atoms. The quantitative estimate of drug-likeness (QED) is 0.0521. The number of aliphatic carboxylic acids is 2. The molecule has 9 nitrogen and oxygen atoms in total. The number of esters is 1. The Bertz CT molecular complexity index is 717. The molecule has 0 heterocycles. The number of carboxylic acids is 2. The smallest absolute Gasteiger partial charge is 0.310 e. The molecule has 0 aromatic rings. The Hall–Kier alpha value is -1.70. The molecule has 2 N–H and O–H groups in total. The van der Waals surface area contributed by atoms with Crippen molar-refractivity contribution in [3.63, 3.8) is 0 Å². The van der Waals surface area contributed by atoms with Gasteiger partial charge in [0.1, 0.15) is 6.61 Å². The lowest BCUT2D eigenvalue weighted by Gasteiger charge is -2.22. The maximum Gasteiger partial charge on any atom is 0.310 e. The molecule has 10 heteroatoms. The van der Waals surface area contributed by atoms with Crippen LogP contribution in [0.25, 0.3) is 0 Å². The predicted octanol–water partition coefficient (Wildman–Crippen LogP) is 6.54. The first-order valence-electron chi connectivity index (χ1n) is 14.1. The van der Waals surface area contributed by atoms with E-state index < -0.39 is 31.2 Å². The highest BCUT2D eigenvalue weighted by atomic mass is 31.2. The Morgan fingerprint density at radius 2 is 1.45 bits per heavy atom. The van der Waals surface area contributed by atoms with E-state index in [4.69, 9.17) is 19.1 Å². The molecule has 0 aliphatic heterocycles. The minimum atomic E-state index is -2.56. The van der Waals surface area contributed by atoms with Gasteiger partial charge in [-0.15, -0.1) is 0 Å². The van der Waals surface area contributed by atoms with Crippen molar-refractivity contribution in [2.45, 2.75) is 96.8 Å². The van der Waals surface area contributed by atoms with Crippen molar-refractivity contribution in [2.75, 3.05) is 39.8 Å². The molecule has 0 saturated carbocycles. The molecule has 0 aliphatic rings. The van der Waals surface area contributed by atoms with Crippen molar-refractivity contribution in [3.8, 4) is 0 Å². The van der Waals surface area contributed by atoms with Gasteiger partial charge in [-0.1, -0.05) is 70.4 Å². The van der Waals surface area contributed by atoms with E-state index in [0.717, 1.165) is 51.4 Å². The van der Waals surface area contributed by atoms with E-state index in [2.05, 4.69) is 6.92 Å². The zero-order valence-corrected chi connectivity index (χ0v) is 24.6. The van der Waals surface area contributed by atoms with Crippen LogP contribution in [0.4, 0.5) is 0 Å². The Labute approximate surface area is 229 Å². The first kappa shape index (κ1) is 36.3. The van der Waals surface area contributed by atoms with E-state index in [1.54, 1.807) is 0 Å². The van der Waals surface area contributed by atoms with E-state index in [1.165, 1.54) is 32.6 Å². The summed E-state index contributed by atoms with van der Waals surface area (Å²) in [6.45, 7) is 5.78. The lowest BCUT2D eigenvalue weighted by molar-refractivity contribution is -0.156. The van der Waals surface area contributed by atoms with Gasteiger partial charge in [-0.3, -0.25) is 18.9 Å². The number of carboxylic acid groups (broad SMARTS) is 2. The van der Waals surface area contributed by atoms with Gasteiger partial charge >= 0.3 is 17.9 Å². The number of carbonyl (C=O) groups excluding carboxylic acids is 1. The van der Waals surface area contributed by atoms with Gasteiger partial charge in [0, 0.05) is 19.8 Å². The van der Waals surface area contributed by atoms with E-state index in [-0.39, 0.29) is 45.2 Å². The fourth-order valence-electron chi connectivity index (χ4n) is 4.08. The fourth-order valence-corrected chi connectivity index (χ4v) is 4.59. The third kappa shape index (κ3) is 23.4. The van der Waals surface area contributed by atoms with Crippen LogP contribution in [0.2, 0.25) is 0 Å². The Morgan fingerprint density at radius 3 is 2.11 bits per heavy atom. The number of hydrogen-bond acceptors (Lipinski definition) is 7. The van der Waals surface area contributed by atoms with Crippen LogP contribution in [-0.2, 0) is 32.9 Å².